The molecule has 1 rings (SSSR count). The van der Waals surface area contributed by atoms with Gasteiger partial charge in [-0.2, -0.15) is 0 Å². The summed E-state index contributed by atoms with van der Waals surface area (Å²) in [6.45, 7) is 7.06. The van der Waals surface area contributed by atoms with Gasteiger partial charge >= 0.3 is 13.5 Å². The SMILES string of the molecule is COC(=O)c1ccc(BOC(C)(C)C(C)(C)O)cc1OC. The van der Waals surface area contributed by atoms with Crippen LogP contribution in [-0.2, 0) is 9.39 Å². The maximum atomic E-state index is 11.6. The average Bonchev–Trinajstić information content (AvgIpc) is 2.42. The van der Waals surface area contributed by atoms with E-state index in [4.69, 9.17) is 14.1 Å². The first-order valence-corrected chi connectivity index (χ1v) is 6.74. The van der Waals surface area contributed by atoms with Crippen LogP contribution in [0.25, 0.3) is 0 Å². The Morgan fingerprint density at radius 2 is 1.81 bits per heavy atom. The predicted molar refractivity (Wildman–Crippen MR) is 82.6 cm³/mol. The Morgan fingerprint density at radius 1 is 1.19 bits per heavy atom. The number of benzene rings is 1. The zero-order valence-electron chi connectivity index (χ0n) is 13.5. The van der Waals surface area contributed by atoms with E-state index in [1.807, 2.05) is 13.8 Å². The van der Waals surface area contributed by atoms with Crippen LogP contribution in [0.1, 0.15) is 38.1 Å². The van der Waals surface area contributed by atoms with Crippen molar-refractivity contribution in [2.45, 2.75) is 38.9 Å². The number of methoxy groups -OCH3 is 2. The van der Waals surface area contributed by atoms with E-state index in [0.29, 0.717) is 18.8 Å². The van der Waals surface area contributed by atoms with Crippen LogP contribution in [0.3, 0.4) is 0 Å². The van der Waals surface area contributed by atoms with E-state index in [0.717, 1.165) is 5.46 Å². The van der Waals surface area contributed by atoms with Gasteiger partial charge in [-0.25, -0.2) is 4.79 Å². The highest BCUT2D eigenvalue weighted by molar-refractivity contribution is 6.47. The molecule has 1 aromatic carbocycles. The smallest absolute Gasteiger partial charge is 0.341 e. The monoisotopic (exact) mass is 294 g/mol. The van der Waals surface area contributed by atoms with Crippen molar-refractivity contribution in [3.8, 4) is 5.75 Å². The molecular weight excluding hydrogens is 271 g/mol. The third-order valence-corrected chi connectivity index (χ3v) is 3.74. The summed E-state index contributed by atoms with van der Waals surface area (Å²) < 4.78 is 15.7. The normalized spacial score (nSPS) is 12.0. The van der Waals surface area contributed by atoms with E-state index in [2.05, 4.69) is 0 Å². The summed E-state index contributed by atoms with van der Waals surface area (Å²) in [6.07, 6.45) is 0. The largest absolute Gasteiger partial charge is 0.496 e. The van der Waals surface area contributed by atoms with Crippen molar-refractivity contribution in [2.24, 2.45) is 0 Å². The molecule has 1 aromatic rings. The minimum atomic E-state index is -0.969. The Labute approximate surface area is 126 Å². The Morgan fingerprint density at radius 3 is 2.29 bits per heavy atom. The number of aliphatic hydroxyl groups is 1. The fourth-order valence-electron chi connectivity index (χ4n) is 1.54. The van der Waals surface area contributed by atoms with Gasteiger partial charge in [0.05, 0.1) is 25.4 Å². The summed E-state index contributed by atoms with van der Waals surface area (Å²) in [5.41, 5.74) is -0.466. The second-order valence-corrected chi connectivity index (χ2v) is 5.88. The maximum absolute atomic E-state index is 11.6. The van der Waals surface area contributed by atoms with Crippen molar-refractivity contribution in [1.82, 2.24) is 0 Å². The minimum Gasteiger partial charge on any atom is -0.496 e. The third-order valence-electron chi connectivity index (χ3n) is 3.74. The highest BCUT2D eigenvalue weighted by Gasteiger charge is 2.35. The molecule has 0 heterocycles. The molecule has 0 aliphatic rings. The number of hydrogen-bond donors (Lipinski definition) is 1. The topological polar surface area (TPSA) is 65.0 Å². The highest BCUT2D eigenvalue weighted by atomic mass is 16.5. The lowest BCUT2D eigenvalue weighted by Gasteiger charge is -2.37. The number of carbonyl (C=O) groups excluding carboxylic acids is 1. The maximum Gasteiger partial charge on any atom is 0.341 e. The van der Waals surface area contributed by atoms with Crippen LogP contribution in [0.4, 0.5) is 0 Å². The van der Waals surface area contributed by atoms with Crippen LogP contribution in [0, 0.1) is 0 Å². The minimum absolute atomic E-state index is 0.300. The Balaban J connectivity index is 2.90. The number of esters is 1. The highest BCUT2D eigenvalue weighted by Crippen LogP contribution is 2.24. The van der Waals surface area contributed by atoms with E-state index in [-0.39, 0.29) is 0 Å². The third kappa shape index (κ3) is 4.22. The van der Waals surface area contributed by atoms with Gasteiger partial charge in [0.1, 0.15) is 11.3 Å². The van der Waals surface area contributed by atoms with Gasteiger partial charge in [-0.1, -0.05) is 6.07 Å². The Hall–Kier alpha value is -1.53. The van der Waals surface area contributed by atoms with Crippen LogP contribution in [0.15, 0.2) is 18.2 Å². The van der Waals surface area contributed by atoms with Crippen molar-refractivity contribution in [3.05, 3.63) is 23.8 Å². The number of ether oxygens (including phenoxy) is 2. The molecule has 0 aliphatic heterocycles. The lowest BCUT2D eigenvalue weighted by Crippen LogP contribution is -2.49. The van der Waals surface area contributed by atoms with E-state index in [1.165, 1.54) is 14.2 Å². The number of rotatable bonds is 6. The first kappa shape index (κ1) is 17.5. The molecule has 21 heavy (non-hydrogen) atoms. The molecule has 0 aliphatic carbocycles. The summed E-state index contributed by atoms with van der Waals surface area (Å²) in [5.74, 6) is -0.0137. The summed E-state index contributed by atoms with van der Waals surface area (Å²) >= 11 is 0. The molecule has 0 unspecified atom stereocenters. The zero-order valence-corrected chi connectivity index (χ0v) is 13.5. The van der Waals surface area contributed by atoms with Gasteiger partial charge in [0.25, 0.3) is 0 Å². The van der Waals surface area contributed by atoms with Crippen LogP contribution in [0.5, 0.6) is 5.75 Å². The molecule has 1 N–H and O–H groups in total. The number of carbonyl (C=O) groups is 1. The summed E-state index contributed by atoms with van der Waals surface area (Å²) in [6, 6.07) is 5.14. The van der Waals surface area contributed by atoms with Gasteiger partial charge in [0.2, 0.25) is 0 Å². The Kier molecular flexibility index (Phi) is 5.42. The second kappa shape index (κ2) is 6.49. The van der Waals surface area contributed by atoms with Gasteiger partial charge in [-0.3, -0.25) is 0 Å². The van der Waals surface area contributed by atoms with E-state index < -0.39 is 17.2 Å². The van der Waals surface area contributed by atoms with Gasteiger partial charge < -0.3 is 19.2 Å². The van der Waals surface area contributed by atoms with Crippen molar-refractivity contribution >= 4 is 18.9 Å². The van der Waals surface area contributed by atoms with Crippen LogP contribution in [-0.4, -0.2) is 44.0 Å². The van der Waals surface area contributed by atoms with Gasteiger partial charge in [0, 0.05) is 0 Å². The summed E-state index contributed by atoms with van der Waals surface area (Å²) in [4.78, 5) is 11.6. The zero-order chi connectivity index (χ0) is 16.3. The molecule has 0 spiro atoms. The molecule has 0 radical (unpaired) electrons. The molecule has 116 valence electrons. The molecule has 0 saturated carbocycles. The Bertz CT molecular complexity index is 505. The fourth-order valence-corrected chi connectivity index (χ4v) is 1.54. The molecule has 5 nitrogen and oxygen atoms in total. The van der Waals surface area contributed by atoms with Gasteiger partial charge in [0.15, 0.2) is 0 Å². The number of hydrogen-bond acceptors (Lipinski definition) is 5. The second-order valence-electron chi connectivity index (χ2n) is 5.88. The molecule has 0 amide bonds. The van der Waals surface area contributed by atoms with Crippen LogP contribution < -0.4 is 10.2 Å². The van der Waals surface area contributed by atoms with Crippen LogP contribution >= 0.6 is 0 Å². The standard InChI is InChI=1S/C15H23BO5/c1-14(2,18)15(3,4)21-16-10-7-8-11(13(17)20-6)12(9-10)19-5/h7-9,16,18H,1-6H3. The average molecular weight is 294 g/mol. The molecule has 0 fully saturated rings. The van der Waals surface area contributed by atoms with E-state index >= 15 is 0 Å². The summed E-state index contributed by atoms with van der Waals surface area (Å²) in [5, 5.41) is 10.1. The summed E-state index contributed by atoms with van der Waals surface area (Å²) in [7, 11) is 3.12. The van der Waals surface area contributed by atoms with Crippen molar-refractivity contribution < 1.29 is 24.0 Å². The molecule has 0 saturated heterocycles. The van der Waals surface area contributed by atoms with Crippen molar-refractivity contribution in [3.63, 3.8) is 0 Å². The first-order valence-electron chi connectivity index (χ1n) is 6.74. The lowest BCUT2D eigenvalue weighted by molar-refractivity contribution is -0.0893. The molecule has 0 aromatic heterocycles. The molecular formula is C15H23BO5. The van der Waals surface area contributed by atoms with Crippen molar-refractivity contribution in [1.29, 1.82) is 0 Å². The van der Waals surface area contributed by atoms with Crippen molar-refractivity contribution in [2.75, 3.05) is 14.2 Å². The molecule has 0 bridgehead atoms. The van der Waals surface area contributed by atoms with Gasteiger partial charge in [-0.15, -0.1) is 0 Å². The fraction of sp³-hybridized carbons (Fsp3) is 0.533. The lowest BCUT2D eigenvalue weighted by atomic mass is 9.82. The van der Waals surface area contributed by atoms with E-state index in [9.17, 15) is 9.90 Å². The molecule has 0 atom stereocenters. The van der Waals surface area contributed by atoms with Gasteiger partial charge in [-0.05, 0) is 45.3 Å². The quantitative estimate of drug-likeness (QED) is 0.627. The van der Waals surface area contributed by atoms with E-state index in [1.54, 1.807) is 32.0 Å². The molecule has 6 heteroatoms. The predicted octanol–water partition coefficient (Wildman–Crippen LogP) is 1.02. The first-order chi connectivity index (χ1) is 9.62. The van der Waals surface area contributed by atoms with Crippen LogP contribution in [0.2, 0.25) is 0 Å².